The predicted octanol–water partition coefficient (Wildman–Crippen LogP) is 2.27. The number of nitrogens with zero attached hydrogens (tertiary/aromatic N) is 1. The van der Waals surface area contributed by atoms with E-state index in [1.54, 1.807) is 0 Å². The third-order valence-electron chi connectivity index (χ3n) is 5.24. The molecule has 2 aliphatic heterocycles. The number of rotatable bonds is 4. The van der Waals surface area contributed by atoms with Crippen LogP contribution in [0.4, 0.5) is 0 Å². The summed E-state index contributed by atoms with van der Waals surface area (Å²) in [6.45, 7) is 14.8. The molecule has 3 heteroatoms. The van der Waals surface area contributed by atoms with E-state index in [-0.39, 0.29) is 5.54 Å². The first-order valence-corrected chi connectivity index (χ1v) is 7.59. The summed E-state index contributed by atoms with van der Waals surface area (Å²) in [5, 5.41) is 3.77. The Bertz CT molecular complexity index is 278. The lowest BCUT2D eigenvalue weighted by molar-refractivity contribution is 0.00439. The highest BCUT2D eigenvalue weighted by atomic mass is 16.5. The number of hydrogen-bond donors (Lipinski definition) is 1. The van der Waals surface area contributed by atoms with Gasteiger partial charge in [-0.05, 0) is 39.0 Å². The molecular formula is C15H30N2O. The van der Waals surface area contributed by atoms with E-state index >= 15 is 0 Å². The van der Waals surface area contributed by atoms with Gasteiger partial charge in [0.05, 0.1) is 6.61 Å². The Balaban J connectivity index is 2.04. The van der Waals surface area contributed by atoms with Crippen molar-refractivity contribution in [1.29, 1.82) is 0 Å². The Morgan fingerprint density at radius 1 is 1.28 bits per heavy atom. The van der Waals surface area contributed by atoms with Crippen LogP contribution >= 0.6 is 0 Å². The minimum Gasteiger partial charge on any atom is -0.381 e. The van der Waals surface area contributed by atoms with Crippen LogP contribution in [-0.2, 0) is 4.74 Å². The van der Waals surface area contributed by atoms with Gasteiger partial charge in [0, 0.05) is 37.3 Å². The van der Waals surface area contributed by atoms with Gasteiger partial charge < -0.3 is 10.1 Å². The van der Waals surface area contributed by atoms with Crippen molar-refractivity contribution in [2.45, 2.75) is 58.0 Å². The number of nitrogens with one attached hydrogen (secondary N) is 1. The molecule has 18 heavy (non-hydrogen) atoms. The van der Waals surface area contributed by atoms with E-state index in [0.717, 1.165) is 25.7 Å². The van der Waals surface area contributed by atoms with Crippen molar-refractivity contribution in [3.8, 4) is 0 Å². The summed E-state index contributed by atoms with van der Waals surface area (Å²) in [5.41, 5.74) is 0.603. The van der Waals surface area contributed by atoms with Crippen LogP contribution in [0.5, 0.6) is 0 Å². The molecule has 0 spiro atoms. The molecule has 3 atom stereocenters. The Morgan fingerprint density at radius 3 is 2.61 bits per heavy atom. The largest absolute Gasteiger partial charge is 0.381 e. The molecule has 0 aromatic rings. The highest BCUT2D eigenvalue weighted by Gasteiger charge is 2.41. The van der Waals surface area contributed by atoms with Crippen molar-refractivity contribution < 1.29 is 4.74 Å². The second-order valence-electron chi connectivity index (χ2n) is 6.73. The number of ether oxygens (including phenoxy) is 1. The molecule has 2 saturated heterocycles. The summed E-state index contributed by atoms with van der Waals surface area (Å²) in [5.74, 6) is 0.745. The number of piperazine rings is 1. The molecule has 0 radical (unpaired) electrons. The van der Waals surface area contributed by atoms with Gasteiger partial charge in [-0.1, -0.05) is 13.8 Å². The lowest BCUT2D eigenvalue weighted by atomic mass is 9.85. The van der Waals surface area contributed by atoms with E-state index in [0.29, 0.717) is 5.54 Å². The minimum absolute atomic E-state index is 0.286. The van der Waals surface area contributed by atoms with Crippen LogP contribution in [0, 0.1) is 5.92 Å². The van der Waals surface area contributed by atoms with Crippen molar-refractivity contribution in [3.63, 3.8) is 0 Å². The van der Waals surface area contributed by atoms with Crippen LogP contribution in [0.25, 0.3) is 0 Å². The van der Waals surface area contributed by atoms with Gasteiger partial charge in [-0.15, -0.1) is 0 Å². The molecule has 106 valence electrons. The van der Waals surface area contributed by atoms with Crippen LogP contribution in [0.15, 0.2) is 0 Å². The Hall–Kier alpha value is -0.120. The van der Waals surface area contributed by atoms with Gasteiger partial charge in [-0.25, -0.2) is 0 Å². The van der Waals surface area contributed by atoms with Gasteiger partial charge in [0.1, 0.15) is 0 Å². The van der Waals surface area contributed by atoms with E-state index in [2.05, 4.69) is 37.9 Å². The first-order chi connectivity index (χ1) is 8.51. The van der Waals surface area contributed by atoms with Crippen LogP contribution in [0.1, 0.15) is 47.0 Å². The van der Waals surface area contributed by atoms with E-state index in [9.17, 15) is 0 Å². The fourth-order valence-electron chi connectivity index (χ4n) is 3.09. The van der Waals surface area contributed by atoms with Gasteiger partial charge in [-0.3, -0.25) is 4.90 Å². The van der Waals surface area contributed by atoms with Crippen molar-refractivity contribution in [2.24, 2.45) is 5.92 Å². The summed E-state index contributed by atoms with van der Waals surface area (Å²) in [4.78, 5) is 2.73. The van der Waals surface area contributed by atoms with Crippen LogP contribution in [0.3, 0.4) is 0 Å². The number of hydrogen-bond acceptors (Lipinski definition) is 3. The average Bonchev–Trinajstić information content (AvgIpc) is 2.87. The molecule has 0 amide bonds. The minimum atomic E-state index is 0.286. The van der Waals surface area contributed by atoms with Gasteiger partial charge >= 0.3 is 0 Å². The monoisotopic (exact) mass is 254 g/mol. The van der Waals surface area contributed by atoms with E-state index in [1.165, 1.54) is 32.4 Å². The van der Waals surface area contributed by atoms with E-state index < -0.39 is 0 Å². The van der Waals surface area contributed by atoms with Gasteiger partial charge in [0.15, 0.2) is 0 Å². The fraction of sp³-hybridized carbons (Fsp3) is 1.00. The predicted molar refractivity (Wildman–Crippen MR) is 75.9 cm³/mol. The zero-order valence-electron chi connectivity index (χ0n) is 12.6. The molecule has 3 nitrogen and oxygen atoms in total. The topological polar surface area (TPSA) is 24.5 Å². The first kappa shape index (κ1) is 14.3. The van der Waals surface area contributed by atoms with Gasteiger partial charge in [0.2, 0.25) is 0 Å². The molecule has 3 unspecified atom stereocenters. The van der Waals surface area contributed by atoms with Gasteiger partial charge in [-0.2, -0.15) is 0 Å². The highest BCUT2D eigenvalue weighted by Crippen LogP contribution is 2.30. The van der Waals surface area contributed by atoms with E-state index in [4.69, 9.17) is 4.74 Å². The standard InChI is InChI=1S/C15H30N2O/c1-5-14(3)12-17(9-13-7-8-18-10-13)15(4,6-2)11-16-14/h13,16H,5-12H2,1-4H3. The summed E-state index contributed by atoms with van der Waals surface area (Å²) in [6.07, 6.45) is 3.66. The molecule has 0 bridgehead atoms. The highest BCUT2D eigenvalue weighted by molar-refractivity contribution is 5.01. The van der Waals surface area contributed by atoms with Crippen LogP contribution < -0.4 is 5.32 Å². The smallest absolute Gasteiger partial charge is 0.0507 e. The molecule has 2 rings (SSSR count). The third kappa shape index (κ3) is 2.89. The maximum Gasteiger partial charge on any atom is 0.0507 e. The molecule has 1 N–H and O–H groups in total. The zero-order chi connectivity index (χ0) is 13.2. The first-order valence-electron chi connectivity index (χ1n) is 7.59. The molecule has 0 saturated carbocycles. The quantitative estimate of drug-likeness (QED) is 0.833. The van der Waals surface area contributed by atoms with Crippen LogP contribution in [-0.4, -0.2) is 48.8 Å². The third-order valence-corrected chi connectivity index (χ3v) is 5.24. The maximum atomic E-state index is 5.54. The summed E-state index contributed by atoms with van der Waals surface area (Å²) < 4.78 is 5.54. The van der Waals surface area contributed by atoms with E-state index in [1.807, 2.05) is 0 Å². The lowest BCUT2D eigenvalue weighted by Gasteiger charge is -2.52. The van der Waals surface area contributed by atoms with Crippen LogP contribution in [0.2, 0.25) is 0 Å². The van der Waals surface area contributed by atoms with Crippen molar-refractivity contribution in [3.05, 3.63) is 0 Å². The summed E-state index contributed by atoms with van der Waals surface area (Å²) in [7, 11) is 0. The molecule has 2 aliphatic rings. The molecule has 2 heterocycles. The summed E-state index contributed by atoms with van der Waals surface area (Å²) >= 11 is 0. The lowest BCUT2D eigenvalue weighted by Crippen LogP contribution is -2.68. The molecule has 0 aliphatic carbocycles. The normalized spacial score (nSPS) is 42.3. The second-order valence-corrected chi connectivity index (χ2v) is 6.73. The fourth-order valence-corrected chi connectivity index (χ4v) is 3.09. The SMILES string of the molecule is CCC1(C)CN(CC2CCOC2)C(C)(CC)CN1. The summed E-state index contributed by atoms with van der Waals surface area (Å²) in [6, 6.07) is 0. The Morgan fingerprint density at radius 2 is 2.06 bits per heavy atom. The van der Waals surface area contributed by atoms with Crippen molar-refractivity contribution in [1.82, 2.24) is 10.2 Å². The average molecular weight is 254 g/mol. The molecular weight excluding hydrogens is 224 g/mol. The maximum absolute atomic E-state index is 5.54. The zero-order valence-corrected chi connectivity index (χ0v) is 12.6. The van der Waals surface area contributed by atoms with Crippen molar-refractivity contribution in [2.75, 3.05) is 32.8 Å². The molecule has 0 aromatic heterocycles. The van der Waals surface area contributed by atoms with Gasteiger partial charge in [0.25, 0.3) is 0 Å². The molecule has 2 fully saturated rings. The second kappa shape index (κ2) is 5.48. The Labute approximate surface area is 112 Å². The Kier molecular flexibility index (Phi) is 4.35. The molecule has 0 aromatic carbocycles. The van der Waals surface area contributed by atoms with Crippen molar-refractivity contribution >= 4 is 0 Å².